The highest BCUT2D eigenvalue weighted by Crippen LogP contribution is 2.29. The van der Waals surface area contributed by atoms with Gasteiger partial charge in [-0.2, -0.15) is 0 Å². The van der Waals surface area contributed by atoms with Gasteiger partial charge in [0.1, 0.15) is 11.2 Å². The van der Waals surface area contributed by atoms with E-state index in [0.29, 0.717) is 8.95 Å². The van der Waals surface area contributed by atoms with Crippen LogP contribution in [0.25, 0.3) is 0 Å². The van der Waals surface area contributed by atoms with Crippen molar-refractivity contribution >= 4 is 43.8 Å². The minimum atomic E-state index is -0.658. The fraction of sp³-hybridized carbons (Fsp3) is 0.500. The molecule has 6 heteroatoms. The zero-order chi connectivity index (χ0) is 17.3. The Balaban J connectivity index is 3.32. The number of halogens is 2. The largest absolute Gasteiger partial charge is 0.456 e. The molecular weight excluding hydrogens is 416 g/mol. The van der Waals surface area contributed by atoms with Crippen LogP contribution in [0.4, 0.5) is 0 Å². The first-order chi connectivity index (χ1) is 9.80. The van der Waals surface area contributed by atoms with Crippen LogP contribution >= 0.6 is 31.9 Å². The van der Waals surface area contributed by atoms with Gasteiger partial charge < -0.3 is 9.47 Å². The molecule has 0 aliphatic carbocycles. The molecule has 1 rings (SSSR count). The van der Waals surface area contributed by atoms with Crippen LogP contribution in [0.1, 0.15) is 62.3 Å². The maximum atomic E-state index is 12.4. The number of carbonyl (C=O) groups excluding carboxylic acids is 2. The molecule has 0 radical (unpaired) electrons. The zero-order valence-corrected chi connectivity index (χ0v) is 16.7. The number of hydrogen-bond donors (Lipinski definition) is 0. The van der Waals surface area contributed by atoms with Crippen LogP contribution in [0.3, 0.4) is 0 Å². The van der Waals surface area contributed by atoms with Gasteiger partial charge in [-0.15, -0.1) is 0 Å². The molecule has 0 unspecified atom stereocenters. The third-order valence-electron chi connectivity index (χ3n) is 2.28. The lowest BCUT2D eigenvalue weighted by Crippen LogP contribution is -2.28. The Morgan fingerprint density at radius 1 is 0.864 bits per heavy atom. The molecule has 0 saturated carbocycles. The SMILES string of the molecule is CC(C)(C)OC(=O)c1cc(Br)cc(Br)c1C(=O)OC(C)(C)C. The standard InChI is InChI=1S/C16H20Br2O4/c1-15(2,3)21-13(19)10-7-9(17)8-11(18)12(10)14(20)22-16(4,5)6/h7-8H,1-6H3. The quantitative estimate of drug-likeness (QED) is 0.604. The highest BCUT2D eigenvalue weighted by molar-refractivity contribution is 9.11. The van der Waals surface area contributed by atoms with Gasteiger partial charge in [0.25, 0.3) is 0 Å². The average Bonchev–Trinajstić information content (AvgIpc) is 2.22. The molecule has 0 N–H and O–H groups in total. The zero-order valence-electron chi connectivity index (χ0n) is 13.5. The van der Waals surface area contributed by atoms with Gasteiger partial charge in [0, 0.05) is 8.95 Å². The minimum Gasteiger partial charge on any atom is -0.456 e. The van der Waals surface area contributed by atoms with Crippen molar-refractivity contribution < 1.29 is 19.1 Å². The number of benzene rings is 1. The number of hydrogen-bond acceptors (Lipinski definition) is 4. The third-order valence-corrected chi connectivity index (χ3v) is 3.36. The van der Waals surface area contributed by atoms with E-state index in [1.165, 1.54) is 0 Å². The van der Waals surface area contributed by atoms with Crippen LogP contribution in [0.5, 0.6) is 0 Å². The molecule has 0 amide bonds. The van der Waals surface area contributed by atoms with E-state index >= 15 is 0 Å². The van der Waals surface area contributed by atoms with Crippen molar-refractivity contribution in [3.05, 3.63) is 32.2 Å². The summed E-state index contributed by atoms with van der Waals surface area (Å²) in [5.74, 6) is -1.15. The normalized spacial score (nSPS) is 12.0. The Kier molecular flexibility index (Phi) is 5.84. The number of carbonyl (C=O) groups is 2. The molecular formula is C16H20Br2O4. The molecule has 1 aromatic rings. The summed E-state index contributed by atoms with van der Waals surface area (Å²) in [5, 5.41) is 0. The van der Waals surface area contributed by atoms with E-state index in [-0.39, 0.29) is 11.1 Å². The highest BCUT2D eigenvalue weighted by Gasteiger charge is 2.28. The van der Waals surface area contributed by atoms with Crippen molar-refractivity contribution in [2.75, 3.05) is 0 Å². The Morgan fingerprint density at radius 2 is 1.32 bits per heavy atom. The molecule has 0 heterocycles. The second-order valence-electron chi connectivity index (χ2n) is 6.81. The number of rotatable bonds is 2. The van der Waals surface area contributed by atoms with Gasteiger partial charge in [-0.3, -0.25) is 0 Å². The van der Waals surface area contributed by atoms with Crippen LogP contribution < -0.4 is 0 Å². The van der Waals surface area contributed by atoms with Gasteiger partial charge >= 0.3 is 11.9 Å². The van der Waals surface area contributed by atoms with E-state index in [1.807, 2.05) is 0 Å². The summed E-state index contributed by atoms with van der Waals surface area (Å²) in [6.07, 6.45) is 0. The monoisotopic (exact) mass is 434 g/mol. The smallest absolute Gasteiger partial charge is 0.340 e. The lowest BCUT2D eigenvalue weighted by atomic mass is 10.1. The number of ether oxygens (including phenoxy) is 2. The van der Waals surface area contributed by atoms with Gasteiger partial charge in [0.2, 0.25) is 0 Å². The molecule has 0 saturated heterocycles. The molecule has 4 nitrogen and oxygen atoms in total. The third kappa shape index (κ3) is 5.72. The Morgan fingerprint density at radius 3 is 1.77 bits per heavy atom. The van der Waals surface area contributed by atoms with Gasteiger partial charge in [0.15, 0.2) is 0 Å². The van der Waals surface area contributed by atoms with E-state index in [0.717, 1.165) is 0 Å². The van der Waals surface area contributed by atoms with Crippen LogP contribution in [0, 0.1) is 0 Å². The molecule has 0 atom stereocenters. The summed E-state index contributed by atoms with van der Waals surface area (Å²) in [6.45, 7) is 10.6. The summed E-state index contributed by atoms with van der Waals surface area (Å²) in [5.41, 5.74) is -0.996. The van der Waals surface area contributed by atoms with Crippen molar-refractivity contribution in [2.45, 2.75) is 52.7 Å². The second-order valence-corrected chi connectivity index (χ2v) is 8.58. The lowest BCUT2D eigenvalue weighted by molar-refractivity contribution is 0.00177. The minimum absolute atomic E-state index is 0.158. The van der Waals surface area contributed by atoms with Crippen LogP contribution in [-0.2, 0) is 9.47 Å². The maximum Gasteiger partial charge on any atom is 0.340 e. The van der Waals surface area contributed by atoms with Crippen LogP contribution in [-0.4, -0.2) is 23.1 Å². The Labute approximate surface area is 147 Å². The van der Waals surface area contributed by atoms with E-state index in [9.17, 15) is 9.59 Å². The lowest BCUT2D eigenvalue weighted by Gasteiger charge is -2.23. The Hall–Kier alpha value is -0.880. The molecule has 1 aromatic carbocycles. The molecule has 0 aliphatic rings. The first-order valence-corrected chi connectivity index (χ1v) is 8.34. The van der Waals surface area contributed by atoms with E-state index in [2.05, 4.69) is 31.9 Å². The molecule has 0 aliphatic heterocycles. The van der Waals surface area contributed by atoms with Crippen molar-refractivity contribution in [2.24, 2.45) is 0 Å². The fourth-order valence-electron chi connectivity index (χ4n) is 1.60. The van der Waals surface area contributed by atoms with E-state index < -0.39 is 23.1 Å². The summed E-state index contributed by atoms with van der Waals surface area (Å²) in [7, 11) is 0. The molecule has 0 fully saturated rings. The summed E-state index contributed by atoms with van der Waals surface area (Å²) in [6, 6.07) is 3.24. The summed E-state index contributed by atoms with van der Waals surface area (Å²) < 4.78 is 11.9. The second kappa shape index (κ2) is 6.71. The first kappa shape index (κ1) is 19.2. The van der Waals surface area contributed by atoms with Crippen molar-refractivity contribution in [1.82, 2.24) is 0 Å². The first-order valence-electron chi connectivity index (χ1n) is 6.76. The van der Waals surface area contributed by atoms with Crippen molar-refractivity contribution in [1.29, 1.82) is 0 Å². The molecule has 0 spiro atoms. The highest BCUT2D eigenvalue weighted by atomic mass is 79.9. The Bertz CT molecular complexity index is 595. The maximum absolute atomic E-state index is 12.4. The molecule has 0 bridgehead atoms. The van der Waals surface area contributed by atoms with Gasteiger partial charge in [-0.1, -0.05) is 15.9 Å². The average molecular weight is 436 g/mol. The predicted octanol–water partition coefficient (Wildman–Crippen LogP) is 5.12. The van der Waals surface area contributed by atoms with Gasteiger partial charge in [-0.25, -0.2) is 9.59 Å². The molecule has 122 valence electrons. The number of esters is 2. The summed E-state index contributed by atoms with van der Waals surface area (Å²) in [4.78, 5) is 24.8. The van der Waals surface area contributed by atoms with Crippen molar-refractivity contribution in [3.63, 3.8) is 0 Å². The van der Waals surface area contributed by atoms with Crippen molar-refractivity contribution in [3.8, 4) is 0 Å². The van der Waals surface area contributed by atoms with Gasteiger partial charge in [0.05, 0.1) is 11.1 Å². The van der Waals surface area contributed by atoms with E-state index in [1.54, 1.807) is 53.7 Å². The predicted molar refractivity (Wildman–Crippen MR) is 92.2 cm³/mol. The summed E-state index contributed by atoms with van der Waals surface area (Å²) >= 11 is 6.63. The van der Waals surface area contributed by atoms with E-state index in [4.69, 9.17) is 9.47 Å². The molecule has 0 aromatic heterocycles. The van der Waals surface area contributed by atoms with Crippen LogP contribution in [0.2, 0.25) is 0 Å². The van der Waals surface area contributed by atoms with Gasteiger partial charge in [-0.05, 0) is 69.6 Å². The van der Waals surface area contributed by atoms with Crippen LogP contribution in [0.15, 0.2) is 21.1 Å². The topological polar surface area (TPSA) is 52.6 Å². The molecule has 22 heavy (non-hydrogen) atoms. The fourth-order valence-corrected chi connectivity index (χ4v) is 2.99.